The predicted octanol–water partition coefficient (Wildman–Crippen LogP) is 5.33. The van der Waals surface area contributed by atoms with Gasteiger partial charge in [0.15, 0.2) is 11.0 Å². The lowest BCUT2D eigenvalue weighted by molar-refractivity contribution is -0.118. The van der Waals surface area contributed by atoms with Crippen molar-refractivity contribution in [1.29, 1.82) is 0 Å². The second-order valence-corrected chi connectivity index (χ2v) is 9.10. The van der Waals surface area contributed by atoms with Crippen molar-refractivity contribution >= 4 is 40.9 Å². The molecule has 0 atom stereocenters. The van der Waals surface area contributed by atoms with Crippen LogP contribution in [-0.2, 0) is 17.9 Å². The van der Waals surface area contributed by atoms with Crippen molar-refractivity contribution in [3.63, 3.8) is 0 Å². The van der Waals surface area contributed by atoms with Crippen LogP contribution in [0.3, 0.4) is 0 Å². The highest BCUT2D eigenvalue weighted by molar-refractivity contribution is 7.99. The first-order chi connectivity index (χ1) is 14.9. The highest BCUT2D eigenvalue weighted by Crippen LogP contribution is 2.32. The number of nitrogens with one attached hydrogen (secondary N) is 1. The second kappa shape index (κ2) is 10.9. The fourth-order valence-corrected chi connectivity index (χ4v) is 4.29. The fraction of sp³-hybridized carbons (Fsp3) is 0.318. The normalized spacial score (nSPS) is 11.0. The van der Waals surface area contributed by atoms with E-state index in [0.29, 0.717) is 40.0 Å². The van der Waals surface area contributed by atoms with Crippen LogP contribution in [0.15, 0.2) is 47.6 Å². The lowest BCUT2D eigenvalue weighted by atomic mass is 10.2. The van der Waals surface area contributed by atoms with Gasteiger partial charge in [-0.05, 0) is 30.2 Å². The molecule has 31 heavy (non-hydrogen) atoms. The highest BCUT2D eigenvalue weighted by atomic mass is 35.5. The summed E-state index contributed by atoms with van der Waals surface area (Å²) in [6.07, 6.45) is 0. The van der Waals surface area contributed by atoms with Crippen LogP contribution in [0.1, 0.15) is 19.4 Å². The summed E-state index contributed by atoms with van der Waals surface area (Å²) in [5.41, 5.74) is 1.68. The second-order valence-electron chi connectivity index (χ2n) is 7.31. The number of halogens is 2. The van der Waals surface area contributed by atoms with E-state index in [1.54, 1.807) is 19.2 Å². The number of methoxy groups -OCH3 is 1. The molecule has 1 amide bonds. The lowest BCUT2D eigenvalue weighted by Crippen LogP contribution is -2.25. The molecule has 0 bridgehead atoms. The van der Waals surface area contributed by atoms with E-state index in [1.165, 1.54) is 11.8 Å². The minimum absolute atomic E-state index is 0.0962. The monoisotopic (exact) mass is 478 g/mol. The van der Waals surface area contributed by atoms with Gasteiger partial charge >= 0.3 is 0 Å². The molecule has 2 aromatic carbocycles. The van der Waals surface area contributed by atoms with Crippen molar-refractivity contribution in [3.8, 4) is 17.1 Å². The zero-order valence-corrected chi connectivity index (χ0v) is 19.9. The first-order valence-electron chi connectivity index (χ1n) is 9.79. The molecule has 3 rings (SSSR count). The molecular formula is C22H24Cl2N4O2S. The summed E-state index contributed by atoms with van der Waals surface area (Å²) in [4.78, 5) is 12.4. The van der Waals surface area contributed by atoms with E-state index in [1.807, 2.05) is 34.9 Å². The number of hydrogen-bond acceptors (Lipinski definition) is 5. The first-order valence-corrected chi connectivity index (χ1v) is 11.5. The SMILES string of the molecule is COc1ccccc1CNC(=O)CSc1nnc(-c2ccc(Cl)cc2Cl)n1CC(C)C. The maximum Gasteiger partial charge on any atom is 0.230 e. The average molecular weight is 479 g/mol. The quantitative estimate of drug-likeness (QED) is 0.421. The third-order valence-electron chi connectivity index (χ3n) is 4.44. The Hall–Kier alpha value is -2.22. The van der Waals surface area contributed by atoms with E-state index in [-0.39, 0.29) is 11.7 Å². The Morgan fingerprint density at radius 3 is 2.68 bits per heavy atom. The minimum Gasteiger partial charge on any atom is -0.496 e. The van der Waals surface area contributed by atoms with Gasteiger partial charge in [0, 0.05) is 29.2 Å². The summed E-state index contributed by atoms with van der Waals surface area (Å²) in [7, 11) is 1.61. The Labute approximate surface area is 196 Å². The number of rotatable bonds is 9. The molecule has 0 unspecified atom stereocenters. The Balaban J connectivity index is 1.71. The molecule has 0 aliphatic rings. The summed E-state index contributed by atoms with van der Waals surface area (Å²) in [5, 5.41) is 13.3. The Morgan fingerprint density at radius 2 is 1.97 bits per heavy atom. The molecule has 1 heterocycles. The zero-order chi connectivity index (χ0) is 22.4. The standard InChI is InChI=1S/C22H24Cl2N4O2S/c1-14(2)12-28-21(17-9-8-16(23)10-18(17)24)26-27-22(28)31-13-20(29)25-11-15-6-4-5-7-19(15)30-3/h4-10,14H,11-13H2,1-3H3,(H,25,29). The Kier molecular flexibility index (Phi) is 8.23. The van der Waals surface area contributed by atoms with Crippen LogP contribution < -0.4 is 10.1 Å². The van der Waals surface area contributed by atoms with Crippen molar-refractivity contribution in [2.45, 2.75) is 32.1 Å². The maximum absolute atomic E-state index is 12.4. The minimum atomic E-state index is -0.0962. The largest absolute Gasteiger partial charge is 0.496 e. The van der Waals surface area contributed by atoms with Crippen molar-refractivity contribution in [1.82, 2.24) is 20.1 Å². The van der Waals surface area contributed by atoms with Crippen LogP contribution in [-0.4, -0.2) is 33.5 Å². The summed E-state index contributed by atoms with van der Waals surface area (Å²) in [6.45, 7) is 5.32. The topological polar surface area (TPSA) is 69.0 Å². The lowest BCUT2D eigenvalue weighted by Gasteiger charge is -2.13. The molecular weight excluding hydrogens is 455 g/mol. The summed E-state index contributed by atoms with van der Waals surface area (Å²) in [5.74, 6) is 1.89. The van der Waals surface area contributed by atoms with Gasteiger partial charge in [-0.2, -0.15) is 0 Å². The molecule has 3 aromatic rings. The molecule has 0 saturated carbocycles. The van der Waals surface area contributed by atoms with Gasteiger partial charge < -0.3 is 14.6 Å². The van der Waals surface area contributed by atoms with Gasteiger partial charge in [-0.15, -0.1) is 10.2 Å². The molecule has 0 fully saturated rings. The van der Waals surface area contributed by atoms with Crippen LogP contribution in [0.2, 0.25) is 10.0 Å². The molecule has 1 N–H and O–H groups in total. The van der Waals surface area contributed by atoms with Crippen molar-refractivity contribution in [2.24, 2.45) is 5.92 Å². The Bertz CT molecular complexity index is 1060. The third-order valence-corrected chi connectivity index (χ3v) is 5.95. The number of hydrogen-bond donors (Lipinski definition) is 1. The van der Waals surface area contributed by atoms with Gasteiger partial charge in [-0.1, -0.05) is 67.0 Å². The van der Waals surface area contributed by atoms with Crippen LogP contribution in [0.5, 0.6) is 5.75 Å². The Morgan fingerprint density at radius 1 is 1.19 bits per heavy atom. The number of carbonyl (C=O) groups is 1. The van der Waals surface area contributed by atoms with E-state index in [4.69, 9.17) is 27.9 Å². The van der Waals surface area contributed by atoms with Crippen LogP contribution in [0.25, 0.3) is 11.4 Å². The third kappa shape index (κ3) is 6.15. The van der Waals surface area contributed by atoms with E-state index < -0.39 is 0 Å². The van der Waals surface area contributed by atoms with Gasteiger partial charge in [0.2, 0.25) is 5.91 Å². The van der Waals surface area contributed by atoms with E-state index in [0.717, 1.165) is 16.9 Å². The van der Waals surface area contributed by atoms with E-state index in [9.17, 15) is 4.79 Å². The van der Waals surface area contributed by atoms with Gasteiger partial charge in [0.1, 0.15) is 5.75 Å². The molecule has 0 aliphatic heterocycles. The first kappa shape index (κ1) is 23.4. The zero-order valence-electron chi connectivity index (χ0n) is 17.6. The summed E-state index contributed by atoms with van der Waals surface area (Å²) >= 11 is 13.8. The number of para-hydroxylation sites is 1. The van der Waals surface area contributed by atoms with Gasteiger partial charge in [0.05, 0.1) is 17.9 Å². The van der Waals surface area contributed by atoms with Crippen LogP contribution in [0.4, 0.5) is 0 Å². The van der Waals surface area contributed by atoms with E-state index >= 15 is 0 Å². The molecule has 0 spiro atoms. The van der Waals surface area contributed by atoms with Crippen LogP contribution >= 0.6 is 35.0 Å². The molecule has 164 valence electrons. The molecule has 0 radical (unpaired) electrons. The molecule has 6 nitrogen and oxygen atoms in total. The van der Waals surface area contributed by atoms with Crippen molar-refractivity contribution in [2.75, 3.05) is 12.9 Å². The number of aromatic nitrogens is 3. The predicted molar refractivity (Wildman–Crippen MR) is 126 cm³/mol. The number of benzene rings is 2. The molecule has 0 aliphatic carbocycles. The molecule has 1 aromatic heterocycles. The smallest absolute Gasteiger partial charge is 0.230 e. The number of ether oxygens (including phenoxy) is 1. The van der Waals surface area contributed by atoms with E-state index in [2.05, 4.69) is 29.4 Å². The van der Waals surface area contributed by atoms with Gasteiger partial charge in [-0.25, -0.2) is 0 Å². The average Bonchev–Trinajstić information content (AvgIpc) is 3.12. The van der Waals surface area contributed by atoms with Crippen molar-refractivity contribution < 1.29 is 9.53 Å². The number of nitrogens with zero attached hydrogens (tertiary/aromatic N) is 3. The maximum atomic E-state index is 12.4. The number of amides is 1. The summed E-state index contributed by atoms with van der Waals surface area (Å²) in [6, 6.07) is 12.9. The van der Waals surface area contributed by atoms with Gasteiger partial charge in [0.25, 0.3) is 0 Å². The van der Waals surface area contributed by atoms with Crippen molar-refractivity contribution in [3.05, 3.63) is 58.1 Å². The number of carbonyl (C=O) groups excluding carboxylic acids is 1. The fourth-order valence-electron chi connectivity index (χ4n) is 3.02. The van der Waals surface area contributed by atoms with Gasteiger partial charge in [-0.3, -0.25) is 4.79 Å². The summed E-state index contributed by atoms with van der Waals surface area (Å²) < 4.78 is 7.32. The van der Waals surface area contributed by atoms with Crippen LogP contribution in [0, 0.1) is 5.92 Å². The highest BCUT2D eigenvalue weighted by Gasteiger charge is 2.18. The molecule has 9 heteroatoms. The molecule has 0 saturated heterocycles. The number of thioether (sulfide) groups is 1.